The fourth-order valence-electron chi connectivity index (χ4n) is 9.02. The number of halogens is 2. The third kappa shape index (κ3) is 8.40. The molecule has 50 heavy (non-hydrogen) atoms. The molecule has 290 valence electrons. The van der Waals surface area contributed by atoms with Crippen LogP contribution < -0.4 is 0 Å². The summed E-state index contributed by atoms with van der Waals surface area (Å²) in [6.07, 6.45) is 1.74. The van der Waals surface area contributed by atoms with Crippen LogP contribution in [-0.4, -0.2) is 56.0 Å². The normalized spacial score (nSPS) is 24.3. The Balaban J connectivity index is 2.68. The SMILES string of the molecule is CC(C)(C)C1C(=O)N(C2CC(C)(C)N(O)C(C)(C)C2)C(=O)C1CC(C)(C)C(C)(C)C(C)(C)C(C(=O)OI)C(CC(C)(C)C(C)(C)C)C(=O)OI. The van der Waals surface area contributed by atoms with E-state index in [-0.39, 0.29) is 28.7 Å². The van der Waals surface area contributed by atoms with Gasteiger partial charge in [0.15, 0.2) is 46.0 Å². The first-order valence-corrected chi connectivity index (χ1v) is 19.8. The molecule has 2 heterocycles. The molecule has 0 aromatic carbocycles. The highest BCUT2D eigenvalue weighted by atomic mass is 127. The summed E-state index contributed by atoms with van der Waals surface area (Å²) < 4.78 is 10.8. The zero-order valence-corrected chi connectivity index (χ0v) is 38.6. The number of amides is 2. The van der Waals surface area contributed by atoms with Crippen molar-refractivity contribution in [3.8, 4) is 0 Å². The van der Waals surface area contributed by atoms with E-state index in [1.165, 1.54) is 9.96 Å². The minimum atomic E-state index is -0.860. The van der Waals surface area contributed by atoms with Crippen LogP contribution >= 0.6 is 46.0 Å². The predicted molar refractivity (Wildman–Crippen MR) is 214 cm³/mol. The molecule has 0 aliphatic carbocycles. The van der Waals surface area contributed by atoms with Crippen LogP contribution in [0.3, 0.4) is 0 Å². The van der Waals surface area contributed by atoms with Crippen LogP contribution in [0.15, 0.2) is 0 Å². The number of carbonyl (C=O) groups is 4. The highest BCUT2D eigenvalue weighted by Gasteiger charge is 2.62. The zero-order valence-electron chi connectivity index (χ0n) is 34.3. The molecule has 4 unspecified atom stereocenters. The molecule has 4 atom stereocenters. The monoisotopic (exact) mass is 930 g/mol. The van der Waals surface area contributed by atoms with E-state index in [4.69, 9.17) is 6.13 Å². The Morgan fingerprint density at radius 3 is 1.60 bits per heavy atom. The van der Waals surface area contributed by atoms with E-state index in [2.05, 4.69) is 62.3 Å². The molecule has 0 aromatic rings. The van der Waals surface area contributed by atoms with Crippen molar-refractivity contribution in [2.24, 2.45) is 56.2 Å². The van der Waals surface area contributed by atoms with Crippen molar-refractivity contribution < 1.29 is 30.5 Å². The maximum atomic E-state index is 14.7. The van der Waals surface area contributed by atoms with Crippen LogP contribution in [0.25, 0.3) is 0 Å². The lowest BCUT2D eigenvalue weighted by atomic mass is 9.47. The Hall–Kier alpha value is -0.540. The van der Waals surface area contributed by atoms with Gasteiger partial charge in [-0.1, -0.05) is 96.9 Å². The molecule has 2 aliphatic rings. The lowest BCUT2D eigenvalue weighted by molar-refractivity contribution is -0.250. The van der Waals surface area contributed by atoms with Gasteiger partial charge < -0.3 is 11.3 Å². The summed E-state index contributed by atoms with van der Waals surface area (Å²) in [6, 6.07) is -0.347. The van der Waals surface area contributed by atoms with Crippen molar-refractivity contribution >= 4 is 69.8 Å². The third-order valence-electron chi connectivity index (χ3n) is 14.1. The molecule has 2 amide bonds. The Labute approximate surface area is 331 Å². The fourth-order valence-corrected chi connectivity index (χ4v) is 9.62. The average molecular weight is 931 g/mol. The number of hydrogen-bond acceptors (Lipinski definition) is 8. The van der Waals surface area contributed by atoms with E-state index in [1.807, 2.05) is 62.3 Å². The first-order valence-electron chi connectivity index (χ1n) is 18.1. The van der Waals surface area contributed by atoms with Gasteiger partial charge in [-0.2, -0.15) is 5.06 Å². The molecule has 2 rings (SSSR count). The predicted octanol–water partition coefficient (Wildman–Crippen LogP) is 9.99. The first kappa shape index (κ1) is 45.6. The number of rotatable bonds is 11. The maximum Gasteiger partial charge on any atom is 0.319 e. The molecule has 2 aliphatic heterocycles. The lowest BCUT2D eigenvalue weighted by Gasteiger charge is -2.57. The second-order valence-corrected chi connectivity index (χ2v) is 22.0. The molecule has 0 bridgehead atoms. The van der Waals surface area contributed by atoms with Crippen molar-refractivity contribution in [1.29, 1.82) is 0 Å². The maximum absolute atomic E-state index is 14.7. The third-order valence-corrected chi connectivity index (χ3v) is 14.9. The summed E-state index contributed by atoms with van der Waals surface area (Å²) >= 11 is 3.23. The van der Waals surface area contributed by atoms with Gasteiger partial charge in [0.05, 0.1) is 23.7 Å². The van der Waals surface area contributed by atoms with Crippen LogP contribution in [0.5, 0.6) is 0 Å². The summed E-state index contributed by atoms with van der Waals surface area (Å²) in [4.78, 5) is 58.3. The van der Waals surface area contributed by atoms with Gasteiger partial charge in [0.1, 0.15) is 0 Å². The largest absolute Gasteiger partial charge is 0.394 e. The minimum Gasteiger partial charge on any atom is -0.394 e. The van der Waals surface area contributed by atoms with Gasteiger partial charge in [-0.05, 0) is 85.9 Å². The number of hydrogen-bond donors (Lipinski definition) is 1. The van der Waals surface area contributed by atoms with Crippen LogP contribution in [0.2, 0.25) is 0 Å². The molecule has 2 fully saturated rings. The van der Waals surface area contributed by atoms with Gasteiger partial charge in [0.2, 0.25) is 11.8 Å². The van der Waals surface area contributed by atoms with Crippen LogP contribution in [0.1, 0.15) is 150 Å². The molecular weight excluding hydrogens is 862 g/mol. The molecule has 2 saturated heterocycles. The standard InChI is InChI=1S/C39H68I2N2O7/c1-32(2,3)26-24(28(44)42(29(26)45)23-19-36(11,12)43(48)37(13,14)20-23)21-35(9,10)39(17,18)38(15,16)27(31(47)50-41)25(30(46)49-40)22-34(7,8)33(4,5)6/h23-27,48H,19-22H2,1-18H3. The van der Waals surface area contributed by atoms with Crippen LogP contribution in [-0.2, 0) is 25.3 Å². The van der Waals surface area contributed by atoms with E-state index in [0.717, 1.165) is 0 Å². The summed E-state index contributed by atoms with van der Waals surface area (Å²) in [5.74, 6) is -4.04. The van der Waals surface area contributed by atoms with E-state index in [0.29, 0.717) is 25.7 Å². The van der Waals surface area contributed by atoms with E-state index in [1.54, 1.807) is 46.0 Å². The number of carbonyl (C=O) groups excluding carboxylic acids is 4. The van der Waals surface area contributed by atoms with Crippen molar-refractivity contribution in [2.75, 3.05) is 0 Å². The van der Waals surface area contributed by atoms with Crippen molar-refractivity contribution in [3.63, 3.8) is 0 Å². The van der Waals surface area contributed by atoms with E-state index in [9.17, 15) is 24.4 Å². The molecule has 0 saturated carbocycles. The Morgan fingerprint density at radius 2 is 1.22 bits per heavy atom. The number of imide groups is 1. The van der Waals surface area contributed by atoms with E-state index >= 15 is 0 Å². The van der Waals surface area contributed by atoms with Crippen molar-refractivity contribution in [1.82, 2.24) is 9.96 Å². The van der Waals surface area contributed by atoms with Gasteiger partial charge in [-0.25, -0.2) is 0 Å². The smallest absolute Gasteiger partial charge is 0.319 e. The zero-order chi connectivity index (χ0) is 39.6. The van der Waals surface area contributed by atoms with Gasteiger partial charge >= 0.3 is 11.9 Å². The molecule has 11 heteroatoms. The minimum absolute atomic E-state index is 0.149. The molecule has 0 radical (unpaired) electrons. The number of hydroxylamine groups is 2. The summed E-state index contributed by atoms with van der Waals surface area (Å²) in [5, 5.41) is 12.4. The number of nitrogens with zero attached hydrogens (tertiary/aromatic N) is 2. The molecule has 9 nitrogen and oxygen atoms in total. The van der Waals surface area contributed by atoms with Gasteiger partial charge in [0.25, 0.3) is 0 Å². The summed E-state index contributed by atoms with van der Waals surface area (Å²) in [6.45, 7) is 36.9. The Bertz CT molecular complexity index is 1290. The molecule has 0 aromatic heterocycles. The van der Waals surface area contributed by atoms with Gasteiger partial charge in [-0.15, -0.1) is 0 Å². The highest BCUT2D eigenvalue weighted by molar-refractivity contribution is 14.1. The fraction of sp³-hybridized carbons (Fsp3) is 0.897. The second-order valence-electron chi connectivity index (χ2n) is 21.1. The quantitative estimate of drug-likeness (QED) is 0.161. The summed E-state index contributed by atoms with van der Waals surface area (Å²) in [7, 11) is 0. The lowest BCUT2D eigenvalue weighted by Crippen LogP contribution is -2.63. The molecule has 1 N–H and O–H groups in total. The van der Waals surface area contributed by atoms with Crippen LogP contribution in [0.4, 0.5) is 0 Å². The number of likely N-dealkylation sites (tertiary alicyclic amines) is 1. The second kappa shape index (κ2) is 14.6. The molecule has 0 spiro atoms. The van der Waals surface area contributed by atoms with Crippen molar-refractivity contribution in [2.45, 2.75) is 167 Å². The van der Waals surface area contributed by atoms with Gasteiger partial charge in [-0.3, -0.25) is 24.1 Å². The average Bonchev–Trinajstić information content (AvgIpc) is 3.17. The molecular formula is C39H68I2N2O7. The first-order chi connectivity index (χ1) is 22.1. The highest BCUT2D eigenvalue weighted by Crippen LogP contribution is 2.61. The van der Waals surface area contributed by atoms with E-state index < -0.39 is 68.3 Å². The van der Waals surface area contributed by atoms with Crippen LogP contribution in [0, 0.1) is 56.2 Å². The van der Waals surface area contributed by atoms with Crippen molar-refractivity contribution in [3.05, 3.63) is 0 Å². The van der Waals surface area contributed by atoms with Gasteiger partial charge in [0, 0.05) is 17.1 Å². The summed E-state index contributed by atoms with van der Waals surface area (Å²) in [5.41, 5.74) is -4.38. The Kier molecular flexibility index (Phi) is 13.3. The Morgan fingerprint density at radius 1 is 0.780 bits per heavy atom. The topological polar surface area (TPSA) is 113 Å². The number of piperidine rings is 1.